The molecule has 5 nitrogen and oxygen atoms in total. The fourth-order valence-corrected chi connectivity index (χ4v) is 3.05. The van der Waals surface area contributed by atoms with Crippen LogP contribution in [0.1, 0.15) is 64.0 Å². The van der Waals surface area contributed by atoms with Gasteiger partial charge in [-0.2, -0.15) is 5.10 Å². The van der Waals surface area contributed by atoms with Gasteiger partial charge >= 0.3 is 0 Å². The van der Waals surface area contributed by atoms with Gasteiger partial charge in [0.05, 0.1) is 6.20 Å². The number of likely N-dealkylation sites (tertiary alicyclic amines) is 1. The van der Waals surface area contributed by atoms with Crippen LogP contribution in [0.5, 0.6) is 0 Å². The van der Waals surface area contributed by atoms with E-state index in [2.05, 4.69) is 34.2 Å². The van der Waals surface area contributed by atoms with Crippen LogP contribution < -0.4 is 0 Å². The number of fused-ring (bicyclic) bond motifs is 1. The van der Waals surface area contributed by atoms with Gasteiger partial charge in [-0.3, -0.25) is 9.89 Å². The molecule has 4 aromatic rings. The summed E-state index contributed by atoms with van der Waals surface area (Å²) in [5.74, 6) is 0.0947. The van der Waals surface area contributed by atoms with Crippen molar-refractivity contribution in [1.29, 1.82) is 0 Å². The van der Waals surface area contributed by atoms with Crippen molar-refractivity contribution >= 4 is 16.8 Å². The Morgan fingerprint density at radius 2 is 1.55 bits per heavy atom. The van der Waals surface area contributed by atoms with Crippen molar-refractivity contribution in [1.82, 2.24) is 20.1 Å². The number of benzene rings is 2. The van der Waals surface area contributed by atoms with Crippen molar-refractivity contribution in [2.45, 2.75) is 54.9 Å². The molecule has 5 rings (SSSR count). The van der Waals surface area contributed by atoms with E-state index in [1.807, 2.05) is 95.1 Å². The number of nitrogens with one attached hydrogen (secondary N) is 2. The number of rotatable bonds is 2. The molecule has 3 heterocycles. The molecule has 0 aliphatic carbocycles. The molecular weight excluding hydrogens is 408 g/mol. The van der Waals surface area contributed by atoms with Crippen LogP contribution in [0.3, 0.4) is 0 Å². The van der Waals surface area contributed by atoms with Gasteiger partial charge < -0.3 is 9.88 Å². The topological polar surface area (TPSA) is 64.8 Å². The second kappa shape index (κ2) is 15.5. The fraction of sp³-hybridized carbons (Fsp3) is 0.357. The van der Waals surface area contributed by atoms with E-state index < -0.39 is 0 Å². The molecule has 1 fully saturated rings. The average molecular weight is 449 g/mol. The molecule has 0 atom stereocenters. The molecule has 1 saturated heterocycles. The molecule has 2 N–H and O–H groups in total. The number of aromatic amines is 2. The van der Waals surface area contributed by atoms with Gasteiger partial charge in [-0.25, -0.2) is 0 Å². The highest BCUT2D eigenvalue weighted by Gasteiger charge is 2.22. The number of H-pyrrole nitrogens is 2. The summed E-state index contributed by atoms with van der Waals surface area (Å²) in [4.78, 5) is 17.3. The Hall–Kier alpha value is -3.34. The van der Waals surface area contributed by atoms with Crippen LogP contribution in [0.4, 0.5) is 0 Å². The molecule has 0 radical (unpaired) electrons. The maximum absolute atomic E-state index is 12.2. The van der Waals surface area contributed by atoms with Gasteiger partial charge in [-0.1, -0.05) is 89.6 Å². The molecule has 1 aliphatic rings. The smallest absolute Gasteiger partial charge is 0.270 e. The highest BCUT2D eigenvalue weighted by atomic mass is 16.2. The van der Waals surface area contributed by atoms with Crippen molar-refractivity contribution < 1.29 is 4.79 Å². The molecule has 0 spiro atoms. The molecule has 33 heavy (non-hydrogen) atoms. The molecule has 1 amide bonds. The van der Waals surface area contributed by atoms with Crippen LogP contribution in [-0.4, -0.2) is 39.1 Å². The van der Waals surface area contributed by atoms with E-state index in [0.717, 1.165) is 41.5 Å². The molecular formula is C28H40N4O. The van der Waals surface area contributed by atoms with E-state index in [9.17, 15) is 4.79 Å². The zero-order valence-electron chi connectivity index (χ0n) is 21.3. The third-order valence-electron chi connectivity index (χ3n) is 4.77. The van der Waals surface area contributed by atoms with Gasteiger partial charge in [0.25, 0.3) is 5.91 Å². The van der Waals surface area contributed by atoms with Gasteiger partial charge in [-0.05, 0) is 31.0 Å². The predicted molar refractivity (Wildman–Crippen MR) is 142 cm³/mol. The quantitative estimate of drug-likeness (QED) is 0.334. The molecule has 178 valence electrons. The van der Waals surface area contributed by atoms with Crippen molar-refractivity contribution in [2.75, 3.05) is 13.1 Å². The van der Waals surface area contributed by atoms with Crippen LogP contribution in [0.25, 0.3) is 22.0 Å². The summed E-state index contributed by atoms with van der Waals surface area (Å²) in [6.07, 6.45) is 4.75. The zero-order valence-corrected chi connectivity index (χ0v) is 21.3. The Kier molecular flexibility index (Phi) is 13.0. The number of amides is 1. The SMILES string of the molecule is CC.CC.CC.Cc1ccccc1.O=C(c1cc2ccc(-c3cn[nH]c3)cc2[nH]1)N1CCC1. The number of aromatic nitrogens is 3. The first-order valence-corrected chi connectivity index (χ1v) is 12.1. The minimum atomic E-state index is 0.0947. The van der Waals surface area contributed by atoms with Crippen LogP contribution in [0, 0.1) is 6.92 Å². The predicted octanol–water partition coefficient (Wildman–Crippen LogP) is 7.48. The highest BCUT2D eigenvalue weighted by Crippen LogP contribution is 2.25. The van der Waals surface area contributed by atoms with Crippen molar-refractivity contribution in [3.63, 3.8) is 0 Å². The number of carbonyl (C=O) groups excluding carboxylic acids is 1. The first-order chi connectivity index (χ1) is 16.2. The van der Waals surface area contributed by atoms with E-state index in [1.54, 1.807) is 6.20 Å². The molecule has 0 saturated carbocycles. The van der Waals surface area contributed by atoms with E-state index in [0.29, 0.717) is 5.69 Å². The Morgan fingerprint density at radius 1 is 0.879 bits per heavy atom. The summed E-state index contributed by atoms with van der Waals surface area (Å²) in [7, 11) is 0. The van der Waals surface area contributed by atoms with E-state index >= 15 is 0 Å². The largest absolute Gasteiger partial charge is 0.351 e. The lowest BCUT2D eigenvalue weighted by atomic mass is 10.1. The second-order valence-corrected chi connectivity index (χ2v) is 6.77. The number of carbonyl (C=O) groups is 1. The normalized spacial score (nSPS) is 11.2. The van der Waals surface area contributed by atoms with Crippen molar-refractivity contribution in [2.24, 2.45) is 0 Å². The molecule has 0 unspecified atom stereocenters. The molecule has 2 aromatic heterocycles. The summed E-state index contributed by atoms with van der Waals surface area (Å²) in [6.45, 7) is 15.8. The third kappa shape index (κ3) is 7.94. The highest BCUT2D eigenvalue weighted by molar-refractivity contribution is 5.99. The molecule has 5 heteroatoms. The zero-order chi connectivity index (χ0) is 24.6. The Balaban J connectivity index is 0.000000352. The Bertz CT molecular complexity index is 1030. The molecule has 2 aromatic carbocycles. The summed E-state index contributed by atoms with van der Waals surface area (Å²) >= 11 is 0. The summed E-state index contributed by atoms with van der Waals surface area (Å²) in [5.41, 5.74) is 5.09. The minimum Gasteiger partial charge on any atom is -0.351 e. The number of hydrogen-bond acceptors (Lipinski definition) is 2. The standard InChI is InChI=1S/C15H14N4O.C7H8.3C2H6/c20-15(19-4-1-5-19)14-7-11-3-2-10(6-13(11)18-14)12-8-16-17-9-12;1-7-5-3-2-4-6-7;3*1-2/h2-3,6-9,18H,1,4-5H2,(H,16,17);2-6H,1H3;3*1-2H3. The first-order valence-electron chi connectivity index (χ1n) is 12.1. The molecule has 0 bridgehead atoms. The number of nitrogens with zero attached hydrogens (tertiary/aromatic N) is 2. The maximum Gasteiger partial charge on any atom is 0.270 e. The maximum atomic E-state index is 12.2. The lowest BCUT2D eigenvalue weighted by molar-refractivity contribution is 0.0646. The number of hydrogen-bond donors (Lipinski definition) is 2. The lowest BCUT2D eigenvalue weighted by Gasteiger charge is -2.30. The van der Waals surface area contributed by atoms with Crippen LogP contribution in [-0.2, 0) is 0 Å². The minimum absolute atomic E-state index is 0.0947. The first kappa shape index (κ1) is 27.7. The summed E-state index contributed by atoms with van der Waals surface area (Å²) < 4.78 is 0. The van der Waals surface area contributed by atoms with Crippen LogP contribution >= 0.6 is 0 Å². The third-order valence-corrected chi connectivity index (χ3v) is 4.77. The van der Waals surface area contributed by atoms with Crippen LogP contribution in [0.15, 0.2) is 67.0 Å². The van der Waals surface area contributed by atoms with Gasteiger partial charge in [0, 0.05) is 35.8 Å². The van der Waals surface area contributed by atoms with Crippen molar-refractivity contribution in [3.05, 3.63) is 78.2 Å². The van der Waals surface area contributed by atoms with E-state index in [-0.39, 0.29) is 5.91 Å². The number of aryl methyl sites for hydroxylation is 1. The Labute approximate surface area is 199 Å². The van der Waals surface area contributed by atoms with Crippen LogP contribution in [0.2, 0.25) is 0 Å². The van der Waals surface area contributed by atoms with Gasteiger partial charge in [0.2, 0.25) is 0 Å². The van der Waals surface area contributed by atoms with E-state index in [1.165, 1.54) is 5.56 Å². The van der Waals surface area contributed by atoms with Gasteiger partial charge in [0.15, 0.2) is 0 Å². The lowest BCUT2D eigenvalue weighted by Crippen LogP contribution is -2.42. The van der Waals surface area contributed by atoms with Crippen molar-refractivity contribution in [3.8, 4) is 11.1 Å². The summed E-state index contributed by atoms with van der Waals surface area (Å²) in [6, 6.07) is 18.3. The van der Waals surface area contributed by atoms with Gasteiger partial charge in [0.1, 0.15) is 5.69 Å². The molecule has 1 aliphatic heterocycles. The van der Waals surface area contributed by atoms with Gasteiger partial charge in [-0.15, -0.1) is 0 Å². The fourth-order valence-electron chi connectivity index (χ4n) is 3.05. The Morgan fingerprint density at radius 3 is 2.03 bits per heavy atom. The summed E-state index contributed by atoms with van der Waals surface area (Å²) in [5, 5.41) is 7.82. The average Bonchev–Trinajstić information content (AvgIpc) is 3.53. The monoisotopic (exact) mass is 448 g/mol. The van der Waals surface area contributed by atoms with E-state index in [4.69, 9.17) is 0 Å². The second-order valence-electron chi connectivity index (χ2n) is 6.77.